The van der Waals surface area contributed by atoms with Gasteiger partial charge in [-0.05, 0) is 25.5 Å². The molecule has 6 N–H and O–H groups in total. The summed E-state index contributed by atoms with van der Waals surface area (Å²) in [4.78, 5) is 37.7. The van der Waals surface area contributed by atoms with Crippen molar-refractivity contribution in [1.82, 2.24) is 14.9 Å². The van der Waals surface area contributed by atoms with E-state index in [1.807, 2.05) is 4.98 Å². The van der Waals surface area contributed by atoms with Crippen LogP contribution in [0.4, 0.5) is 4.39 Å². The fraction of sp³-hybridized carbons (Fsp3) is 0.588. The van der Waals surface area contributed by atoms with Gasteiger partial charge in [-0.2, -0.15) is 0 Å². The molecule has 4 atom stereocenters. The van der Waals surface area contributed by atoms with E-state index >= 15 is 0 Å². The van der Waals surface area contributed by atoms with E-state index in [0.29, 0.717) is 13.1 Å². The van der Waals surface area contributed by atoms with Crippen LogP contribution in [0.3, 0.4) is 0 Å². The number of amides is 1. The number of aromatic amines is 1. The smallest absolute Gasteiger partial charge is 0.330 e. The van der Waals surface area contributed by atoms with Crippen molar-refractivity contribution < 1.29 is 24.1 Å². The van der Waals surface area contributed by atoms with E-state index in [9.17, 15) is 23.9 Å². The van der Waals surface area contributed by atoms with Gasteiger partial charge in [0.2, 0.25) is 5.91 Å². The molecule has 2 rings (SSSR count). The quantitative estimate of drug-likeness (QED) is 0.246. The molecule has 11 heteroatoms. The second-order valence-corrected chi connectivity index (χ2v) is 6.41. The van der Waals surface area contributed by atoms with Crippen molar-refractivity contribution in [3.05, 3.63) is 38.7 Å². The molecule has 1 unspecified atom stereocenters. The van der Waals surface area contributed by atoms with Crippen LogP contribution in [0, 0.1) is 0 Å². The zero-order chi connectivity index (χ0) is 20.7. The Morgan fingerprint density at radius 2 is 2.14 bits per heavy atom. The summed E-state index contributed by atoms with van der Waals surface area (Å²) >= 11 is 0. The number of carbonyl (C=O) groups is 1. The molecule has 0 bridgehead atoms. The van der Waals surface area contributed by atoms with Gasteiger partial charge < -0.3 is 26.0 Å². The first-order valence-corrected chi connectivity index (χ1v) is 8.99. The molecule has 1 fully saturated rings. The Balaban J connectivity index is 2.10. The van der Waals surface area contributed by atoms with E-state index in [0.717, 1.165) is 36.1 Å². The number of aliphatic hydroxyl groups is 2. The van der Waals surface area contributed by atoms with E-state index in [1.54, 1.807) is 0 Å². The molecule has 28 heavy (non-hydrogen) atoms. The number of carbonyl (C=O) groups excluding carboxylic acids is 1. The maximum Gasteiger partial charge on any atom is 0.330 e. The molecule has 0 aromatic carbocycles. The molecule has 156 valence electrons. The molecular formula is C17H25FN4O6. The average molecular weight is 400 g/mol. The number of aliphatic hydroxyl groups excluding tert-OH is 2. The van der Waals surface area contributed by atoms with Gasteiger partial charge in [-0.15, -0.1) is 0 Å². The highest BCUT2D eigenvalue weighted by Crippen LogP contribution is 2.30. The van der Waals surface area contributed by atoms with Crippen LogP contribution in [0.25, 0.3) is 6.08 Å². The van der Waals surface area contributed by atoms with Crippen LogP contribution in [-0.2, 0) is 9.53 Å². The van der Waals surface area contributed by atoms with Gasteiger partial charge in [0.25, 0.3) is 5.56 Å². The van der Waals surface area contributed by atoms with Crippen molar-refractivity contribution in [2.24, 2.45) is 5.73 Å². The molecule has 1 amide bonds. The van der Waals surface area contributed by atoms with Crippen molar-refractivity contribution in [2.75, 3.05) is 19.7 Å². The van der Waals surface area contributed by atoms with Crippen LogP contribution in [0.15, 0.2) is 21.9 Å². The third kappa shape index (κ3) is 5.35. The summed E-state index contributed by atoms with van der Waals surface area (Å²) in [7, 11) is 0. The number of nitrogens with two attached hydrogens (primary N) is 1. The standard InChI is InChI=1S/C17H25FN4O6/c18-13-14(25)11(9-23)28-16(13)22-8-10(15(26)21-17(22)27)4-5-12(24)20-7-3-1-2-6-19/h4-5,8,11,13-14,16,23,25H,1-3,6-7,9,19H2,(H,20,24)(H,21,26,27)/b5-4+/t11-,13-,14-,16?/m1/s1. The van der Waals surface area contributed by atoms with Gasteiger partial charge in [0.1, 0.15) is 12.2 Å². The van der Waals surface area contributed by atoms with Crippen molar-refractivity contribution in [2.45, 2.75) is 43.9 Å². The number of ether oxygens (including phenoxy) is 1. The summed E-state index contributed by atoms with van der Waals surface area (Å²) in [5, 5.41) is 21.4. The first-order chi connectivity index (χ1) is 13.4. The number of nitrogens with one attached hydrogen (secondary N) is 2. The van der Waals surface area contributed by atoms with Crippen LogP contribution >= 0.6 is 0 Å². The molecule has 1 aliphatic heterocycles. The summed E-state index contributed by atoms with van der Waals surface area (Å²) in [5.41, 5.74) is 3.61. The van der Waals surface area contributed by atoms with Crippen LogP contribution in [0.5, 0.6) is 0 Å². The van der Waals surface area contributed by atoms with Crippen LogP contribution in [0.2, 0.25) is 0 Å². The number of nitrogens with zero attached hydrogens (tertiary/aromatic N) is 1. The highest BCUT2D eigenvalue weighted by atomic mass is 19.1. The Kier molecular flexibility index (Phi) is 8.05. The molecule has 1 saturated heterocycles. The SMILES string of the molecule is NCCCCCNC(=O)/C=C/c1cn(C2O[C@H](CO)[C@@H](O)[C@H]2F)c(=O)[nH]c1=O. The van der Waals surface area contributed by atoms with Gasteiger partial charge in [0, 0.05) is 18.8 Å². The molecule has 0 spiro atoms. The minimum absolute atomic E-state index is 0.0735. The lowest BCUT2D eigenvalue weighted by Crippen LogP contribution is -2.37. The Morgan fingerprint density at radius 3 is 2.79 bits per heavy atom. The van der Waals surface area contributed by atoms with Gasteiger partial charge in [0.05, 0.1) is 12.2 Å². The minimum Gasteiger partial charge on any atom is -0.394 e. The fourth-order valence-electron chi connectivity index (χ4n) is 2.77. The zero-order valence-electron chi connectivity index (χ0n) is 15.2. The highest BCUT2D eigenvalue weighted by Gasteiger charge is 2.45. The van der Waals surface area contributed by atoms with Gasteiger partial charge >= 0.3 is 5.69 Å². The van der Waals surface area contributed by atoms with Crippen LogP contribution in [-0.4, -0.2) is 63.7 Å². The normalized spacial score (nSPS) is 24.7. The highest BCUT2D eigenvalue weighted by molar-refractivity contribution is 5.91. The Bertz CT molecular complexity index is 808. The lowest BCUT2D eigenvalue weighted by Gasteiger charge is -2.16. The fourth-order valence-corrected chi connectivity index (χ4v) is 2.77. The van der Waals surface area contributed by atoms with E-state index in [2.05, 4.69) is 5.32 Å². The lowest BCUT2D eigenvalue weighted by atomic mass is 10.1. The number of alkyl halides is 1. The number of H-pyrrole nitrogens is 1. The number of rotatable bonds is 9. The number of hydrogen-bond donors (Lipinski definition) is 5. The second kappa shape index (κ2) is 10.3. The van der Waals surface area contributed by atoms with Crippen molar-refractivity contribution >= 4 is 12.0 Å². The monoisotopic (exact) mass is 400 g/mol. The number of hydrogen-bond acceptors (Lipinski definition) is 7. The summed E-state index contributed by atoms with van der Waals surface area (Å²) in [6.45, 7) is 0.417. The van der Waals surface area contributed by atoms with Crippen molar-refractivity contribution in [3.63, 3.8) is 0 Å². The number of halogens is 1. The largest absolute Gasteiger partial charge is 0.394 e. The number of unbranched alkanes of at least 4 members (excludes halogenated alkanes) is 2. The lowest BCUT2D eigenvalue weighted by molar-refractivity contribution is -0.116. The first kappa shape index (κ1) is 22.0. The summed E-state index contributed by atoms with van der Waals surface area (Å²) in [6.07, 6.45) is -0.425. The van der Waals surface area contributed by atoms with Gasteiger partial charge in [-0.25, -0.2) is 9.18 Å². The van der Waals surface area contributed by atoms with Gasteiger partial charge in [-0.3, -0.25) is 19.1 Å². The summed E-state index contributed by atoms with van der Waals surface area (Å²) < 4.78 is 20.2. The van der Waals surface area contributed by atoms with Crippen LogP contribution in [0.1, 0.15) is 31.1 Å². The zero-order valence-corrected chi connectivity index (χ0v) is 15.2. The van der Waals surface area contributed by atoms with E-state index in [-0.39, 0.29) is 5.56 Å². The molecule has 2 heterocycles. The van der Waals surface area contributed by atoms with Gasteiger partial charge in [0.15, 0.2) is 12.4 Å². The third-order valence-electron chi connectivity index (χ3n) is 4.34. The molecule has 10 nitrogen and oxygen atoms in total. The second-order valence-electron chi connectivity index (χ2n) is 6.41. The predicted molar refractivity (Wildman–Crippen MR) is 98.2 cm³/mol. The Morgan fingerprint density at radius 1 is 1.39 bits per heavy atom. The predicted octanol–water partition coefficient (Wildman–Crippen LogP) is -1.62. The maximum absolute atomic E-state index is 14.2. The van der Waals surface area contributed by atoms with E-state index in [1.165, 1.54) is 6.08 Å². The van der Waals surface area contributed by atoms with Gasteiger partial charge in [-0.1, -0.05) is 6.42 Å². The summed E-state index contributed by atoms with van der Waals surface area (Å²) in [6, 6.07) is 0. The molecule has 0 aliphatic carbocycles. The van der Waals surface area contributed by atoms with Crippen molar-refractivity contribution in [1.29, 1.82) is 0 Å². The molecular weight excluding hydrogens is 375 g/mol. The van der Waals surface area contributed by atoms with Crippen molar-refractivity contribution in [3.8, 4) is 0 Å². The minimum atomic E-state index is -1.98. The molecule has 0 saturated carbocycles. The third-order valence-corrected chi connectivity index (χ3v) is 4.34. The van der Waals surface area contributed by atoms with E-state index in [4.69, 9.17) is 15.6 Å². The molecule has 1 aromatic heterocycles. The Hall–Kier alpha value is -2.34. The summed E-state index contributed by atoms with van der Waals surface area (Å²) in [5.74, 6) is -0.429. The average Bonchev–Trinajstić information content (AvgIpc) is 2.95. The maximum atomic E-state index is 14.2. The molecule has 1 aliphatic rings. The first-order valence-electron chi connectivity index (χ1n) is 8.99. The van der Waals surface area contributed by atoms with Crippen LogP contribution < -0.4 is 22.3 Å². The molecule has 1 aromatic rings. The molecule has 0 radical (unpaired) electrons. The topological polar surface area (TPSA) is 160 Å². The Labute approximate surface area is 159 Å². The number of aromatic nitrogens is 2. The van der Waals surface area contributed by atoms with E-state index < -0.39 is 48.4 Å².